The first kappa shape index (κ1) is 11.0. The molecule has 0 heterocycles. The molecule has 14 heavy (non-hydrogen) atoms. The SMILES string of the molecule is CSc1ccc([C@@H](C)C(=O)O)cc1F. The highest BCUT2D eigenvalue weighted by Crippen LogP contribution is 2.23. The minimum absolute atomic E-state index is 0.358. The molecule has 0 unspecified atom stereocenters. The maximum Gasteiger partial charge on any atom is 0.310 e. The number of thioether (sulfide) groups is 1. The highest BCUT2D eigenvalue weighted by Gasteiger charge is 2.14. The molecule has 0 spiro atoms. The van der Waals surface area contributed by atoms with Crippen molar-refractivity contribution >= 4 is 17.7 Å². The topological polar surface area (TPSA) is 37.3 Å². The Balaban J connectivity index is 3.02. The van der Waals surface area contributed by atoms with Crippen LogP contribution in [0.1, 0.15) is 18.4 Å². The van der Waals surface area contributed by atoms with E-state index in [1.807, 2.05) is 0 Å². The first-order chi connectivity index (χ1) is 6.56. The van der Waals surface area contributed by atoms with Gasteiger partial charge in [0.1, 0.15) is 5.82 Å². The smallest absolute Gasteiger partial charge is 0.310 e. The van der Waals surface area contributed by atoms with Crippen LogP contribution < -0.4 is 0 Å². The van der Waals surface area contributed by atoms with Gasteiger partial charge in [-0.05, 0) is 30.9 Å². The molecule has 76 valence electrons. The zero-order valence-corrected chi connectivity index (χ0v) is 8.77. The molecular weight excluding hydrogens is 203 g/mol. The number of carboxylic acid groups (broad SMARTS) is 1. The lowest BCUT2D eigenvalue weighted by molar-refractivity contribution is -0.138. The van der Waals surface area contributed by atoms with Crippen LogP contribution >= 0.6 is 11.8 Å². The van der Waals surface area contributed by atoms with E-state index in [0.717, 1.165) is 0 Å². The molecule has 0 aliphatic heterocycles. The summed E-state index contributed by atoms with van der Waals surface area (Å²) < 4.78 is 13.3. The number of carbonyl (C=O) groups is 1. The van der Waals surface area contributed by atoms with Crippen LogP contribution in [-0.2, 0) is 4.79 Å². The summed E-state index contributed by atoms with van der Waals surface area (Å²) in [7, 11) is 0. The molecule has 0 fully saturated rings. The predicted molar refractivity (Wildman–Crippen MR) is 54.2 cm³/mol. The van der Waals surface area contributed by atoms with E-state index in [0.29, 0.717) is 10.5 Å². The third-order valence-electron chi connectivity index (χ3n) is 2.05. The van der Waals surface area contributed by atoms with E-state index in [1.54, 1.807) is 18.4 Å². The van der Waals surface area contributed by atoms with Crippen LogP contribution in [0.3, 0.4) is 0 Å². The molecule has 1 aromatic carbocycles. The van der Waals surface area contributed by atoms with Crippen LogP contribution in [0.15, 0.2) is 23.1 Å². The van der Waals surface area contributed by atoms with Gasteiger partial charge in [-0.25, -0.2) is 4.39 Å². The minimum atomic E-state index is -0.943. The second-order valence-electron chi connectivity index (χ2n) is 2.95. The number of halogens is 1. The normalized spacial score (nSPS) is 12.5. The summed E-state index contributed by atoms with van der Waals surface area (Å²) in [5.41, 5.74) is 0.493. The average molecular weight is 214 g/mol. The lowest BCUT2D eigenvalue weighted by Crippen LogP contribution is -2.07. The molecule has 0 radical (unpaired) electrons. The summed E-state index contributed by atoms with van der Waals surface area (Å²) in [5, 5.41) is 8.73. The first-order valence-corrected chi connectivity index (χ1v) is 5.35. The summed E-state index contributed by atoms with van der Waals surface area (Å²) in [4.78, 5) is 11.2. The van der Waals surface area contributed by atoms with Gasteiger partial charge in [-0.1, -0.05) is 6.07 Å². The molecular formula is C10H11FO2S. The number of rotatable bonds is 3. The molecule has 1 N–H and O–H groups in total. The fourth-order valence-electron chi connectivity index (χ4n) is 1.09. The highest BCUT2D eigenvalue weighted by atomic mass is 32.2. The number of carboxylic acids is 1. The van der Waals surface area contributed by atoms with Crippen LogP contribution in [0, 0.1) is 5.82 Å². The summed E-state index contributed by atoms with van der Waals surface area (Å²) in [6.07, 6.45) is 1.78. The molecule has 0 aliphatic rings. The van der Waals surface area contributed by atoms with E-state index in [9.17, 15) is 9.18 Å². The van der Waals surface area contributed by atoms with Crippen molar-refractivity contribution in [2.45, 2.75) is 17.7 Å². The Hall–Kier alpha value is -1.03. The van der Waals surface area contributed by atoms with Crippen molar-refractivity contribution in [2.24, 2.45) is 0 Å². The molecule has 2 nitrogen and oxygen atoms in total. The van der Waals surface area contributed by atoms with E-state index >= 15 is 0 Å². The van der Waals surface area contributed by atoms with Crippen molar-refractivity contribution in [3.05, 3.63) is 29.6 Å². The molecule has 0 aliphatic carbocycles. The minimum Gasteiger partial charge on any atom is -0.481 e. The summed E-state index contributed by atoms with van der Waals surface area (Å²) in [6.45, 7) is 1.54. The largest absolute Gasteiger partial charge is 0.481 e. The number of aliphatic carboxylic acids is 1. The van der Waals surface area contributed by atoms with Gasteiger partial charge in [-0.15, -0.1) is 11.8 Å². The monoisotopic (exact) mass is 214 g/mol. The van der Waals surface area contributed by atoms with Gasteiger partial charge in [-0.3, -0.25) is 4.79 Å². The van der Waals surface area contributed by atoms with Crippen molar-refractivity contribution in [3.63, 3.8) is 0 Å². The predicted octanol–water partition coefficient (Wildman–Crippen LogP) is 2.74. The molecule has 0 saturated carbocycles. The lowest BCUT2D eigenvalue weighted by atomic mass is 10.0. The van der Waals surface area contributed by atoms with E-state index in [-0.39, 0.29) is 5.82 Å². The van der Waals surface area contributed by atoms with E-state index < -0.39 is 11.9 Å². The molecule has 0 amide bonds. The van der Waals surface area contributed by atoms with Gasteiger partial charge in [0.2, 0.25) is 0 Å². The lowest BCUT2D eigenvalue weighted by Gasteiger charge is -2.07. The fraction of sp³-hybridized carbons (Fsp3) is 0.300. The summed E-state index contributed by atoms with van der Waals surface area (Å²) in [6, 6.07) is 4.53. The van der Waals surface area contributed by atoms with Crippen molar-refractivity contribution < 1.29 is 14.3 Å². The molecule has 1 rings (SSSR count). The zero-order valence-electron chi connectivity index (χ0n) is 7.95. The standard InChI is InChI=1S/C10H11FO2S/c1-6(10(12)13)7-3-4-9(14-2)8(11)5-7/h3-6H,1-2H3,(H,12,13)/t6-/m1/s1. The van der Waals surface area contributed by atoms with Crippen LogP contribution in [0.5, 0.6) is 0 Å². The molecule has 0 aromatic heterocycles. The molecule has 0 saturated heterocycles. The maximum atomic E-state index is 13.3. The van der Waals surface area contributed by atoms with Gasteiger partial charge >= 0.3 is 5.97 Å². The summed E-state index contributed by atoms with van der Waals surface area (Å²) >= 11 is 1.30. The van der Waals surface area contributed by atoms with E-state index in [1.165, 1.54) is 24.8 Å². The van der Waals surface area contributed by atoms with Crippen LogP contribution in [-0.4, -0.2) is 17.3 Å². The first-order valence-electron chi connectivity index (χ1n) is 4.12. The fourth-order valence-corrected chi connectivity index (χ4v) is 1.55. The molecule has 1 atom stereocenters. The Kier molecular flexibility index (Phi) is 3.52. The van der Waals surface area contributed by atoms with Gasteiger partial charge in [0.05, 0.1) is 5.92 Å². The van der Waals surface area contributed by atoms with Crippen molar-refractivity contribution in [2.75, 3.05) is 6.26 Å². The molecule has 4 heteroatoms. The average Bonchev–Trinajstić information content (AvgIpc) is 2.16. The van der Waals surface area contributed by atoms with Crippen LogP contribution in [0.25, 0.3) is 0 Å². The van der Waals surface area contributed by atoms with Gasteiger partial charge in [-0.2, -0.15) is 0 Å². The van der Waals surface area contributed by atoms with Crippen molar-refractivity contribution in [1.82, 2.24) is 0 Å². The Labute approximate surface area is 86.1 Å². The highest BCUT2D eigenvalue weighted by molar-refractivity contribution is 7.98. The second kappa shape index (κ2) is 4.46. The third-order valence-corrected chi connectivity index (χ3v) is 2.82. The van der Waals surface area contributed by atoms with Crippen LogP contribution in [0.2, 0.25) is 0 Å². The Morgan fingerprint density at radius 1 is 1.57 bits per heavy atom. The van der Waals surface area contributed by atoms with Gasteiger partial charge < -0.3 is 5.11 Å². The Bertz CT molecular complexity index is 352. The molecule has 0 bridgehead atoms. The van der Waals surface area contributed by atoms with Gasteiger partial charge in [0, 0.05) is 4.90 Å². The zero-order chi connectivity index (χ0) is 10.7. The van der Waals surface area contributed by atoms with Crippen LogP contribution in [0.4, 0.5) is 4.39 Å². The third kappa shape index (κ3) is 2.26. The van der Waals surface area contributed by atoms with Crippen molar-refractivity contribution in [3.8, 4) is 0 Å². The maximum absolute atomic E-state index is 13.3. The van der Waals surface area contributed by atoms with Gasteiger partial charge in [0.15, 0.2) is 0 Å². The number of hydrogen-bond acceptors (Lipinski definition) is 2. The number of benzene rings is 1. The quantitative estimate of drug-likeness (QED) is 0.786. The van der Waals surface area contributed by atoms with E-state index in [4.69, 9.17) is 5.11 Å². The Morgan fingerprint density at radius 2 is 2.21 bits per heavy atom. The second-order valence-corrected chi connectivity index (χ2v) is 3.80. The number of hydrogen-bond donors (Lipinski definition) is 1. The van der Waals surface area contributed by atoms with Crippen molar-refractivity contribution in [1.29, 1.82) is 0 Å². The van der Waals surface area contributed by atoms with Gasteiger partial charge in [0.25, 0.3) is 0 Å². The summed E-state index contributed by atoms with van der Waals surface area (Å²) in [5.74, 6) is -1.97. The molecule has 1 aromatic rings. The Morgan fingerprint density at radius 3 is 2.64 bits per heavy atom. The van der Waals surface area contributed by atoms with E-state index in [2.05, 4.69) is 0 Å².